The molecule has 1 aromatic rings. The summed E-state index contributed by atoms with van der Waals surface area (Å²) in [6.07, 6.45) is -10.2. The Morgan fingerprint density at radius 3 is 1.43 bits per heavy atom. The van der Waals surface area contributed by atoms with Crippen LogP contribution in [0.1, 0.15) is 17.9 Å². The molecule has 1 atom stereocenters. The summed E-state index contributed by atoms with van der Waals surface area (Å²) in [7, 11) is 0. The first-order valence-electron chi connectivity index (χ1n) is 7.28. The fourth-order valence-corrected chi connectivity index (χ4v) is 2.12. The van der Waals surface area contributed by atoms with Gasteiger partial charge in [-0.3, -0.25) is 0 Å². The number of nitriles is 1. The minimum Gasteiger partial charge on any atom is -0.207 e. The van der Waals surface area contributed by atoms with Crippen LogP contribution in [0.15, 0.2) is 24.3 Å². The molecule has 0 unspecified atom stereocenters. The predicted octanol–water partition coefficient (Wildman–Crippen LogP) is 6.56. The fraction of sp³-hybridized carbons (Fsp3) is 0.533. The quantitative estimate of drug-likeness (QED) is 0.417. The molecule has 0 aromatic heterocycles. The van der Waals surface area contributed by atoms with E-state index >= 15 is 0 Å². The van der Waals surface area contributed by atoms with Crippen molar-refractivity contribution in [1.29, 1.82) is 5.26 Å². The molecule has 0 amide bonds. The molecule has 0 N–H and O–H groups in total. The van der Waals surface area contributed by atoms with E-state index in [1.54, 1.807) is 0 Å². The molecule has 0 aliphatic rings. The first kappa shape index (κ1) is 25.8. The standard InChI is InChI=1S/C15H7F14N/c16-9-3-1-7(2-4-9)8(6-30)5-10(17,18)11(19,20)12(21,22)13(23,24)14(25,26)15(27,28)29/h1-4,8H,5H2/t8-/m0/s1. The Balaban J connectivity index is 3.41. The van der Waals surface area contributed by atoms with E-state index in [-0.39, 0.29) is 0 Å². The van der Waals surface area contributed by atoms with Gasteiger partial charge in [0.2, 0.25) is 0 Å². The van der Waals surface area contributed by atoms with Crippen LogP contribution in [0, 0.1) is 17.1 Å². The summed E-state index contributed by atoms with van der Waals surface area (Å²) in [5, 5.41) is 8.75. The fourth-order valence-electron chi connectivity index (χ4n) is 2.12. The molecular formula is C15H7F14N. The number of nitrogens with zero attached hydrogens (tertiary/aromatic N) is 1. The van der Waals surface area contributed by atoms with Crippen LogP contribution in [-0.2, 0) is 0 Å². The summed E-state index contributed by atoms with van der Waals surface area (Å²) in [4.78, 5) is 0. The lowest BCUT2D eigenvalue weighted by atomic mass is 9.87. The topological polar surface area (TPSA) is 23.8 Å². The minimum atomic E-state index is -8.00. The van der Waals surface area contributed by atoms with Gasteiger partial charge in [0.25, 0.3) is 0 Å². The highest BCUT2D eigenvalue weighted by molar-refractivity contribution is 5.26. The van der Waals surface area contributed by atoms with Gasteiger partial charge in [-0.2, -0.15) is 62.3 Å². The molecule has 0 spiro atoms. The Bertz CT molecular complexity index is 787. The largest absolute Gasteiger partial charge is 0.460 e. The van der Waals surface area contributed by atoms with E-state index in [1.165, 1.54) is 0 Å². The average molecular weight is 467 g/mol. The summed E-state index contributed by atoms with van der Waals surface area (Å²) in [6.45, 7) is 0. The third-order valence-electron chi connectivity index (χ3n) is 3.89. The minimum absolute atomic E-state index is 0.530. The van der Waals surface area contributed by atoms with Gasteiger partial charge in [0.15, 0.2) is 0 Å². The highest BCUT2D eigenvalue weighted by Gasteiger charge is 2.90. The normalized spacial score (nSPS) is 15.6. The molecule has 0 aliphatic heterocycles. The van der Waals surface area contributed by atoms with Crippen molar-refractivity contribution in [2.75, 3.05) is 0 Å². The van der Waals surface area contributed by atoms with E-state index in [4.69, 9.17) is 5.26 Å². The molecule has 15 heteroatoms. The van der Waals surface area contributed by atoms with Crippen LogP contribution in [0.25, 0.3) is 0 Å². The lowest BCUT2D eigenvalue weighted by molar-refractivity contribution is -0.440. The van der Waals surface area contributed by atoms with Crippen LogP contribution < -0.4 is 0 Å². The van der Waals surface area contributed by atoms with E-state index in [9.17, 15) is 61.5 Å². The van der Waals surface area contributed by atoms with E-state index in [0.717, 1.165) is 6.07 Å². The van der Waals surface area contributed by atoms with E-state index < -0.39 is 59.5 Å². The van der Waals surface area contributed by atoms with Gasteiger partial charge < -0.3 is 0 Å². The van der Waals surface area contributed by atoms with Crippen LogP contribution >= 0.6 is 0 Å². The van der Waals surface area contributed by atoms with Gasteiger partial charge in [0, 0.05) is 6.42 Å². The molecule has 1 nitrogen and oxygen atoms in total. The Morgan fingerprint density at radius 1 is 0.667 bits per heavy atom. The molecule has 0 bridgehead atoms. The predicted molar refractivity (Wildman–Crippen MR) is 70.2 cm³/mol. The summed E-state index contributed by atoms with van der Waals surface area (Å²) in [5.74, 6) is -41.0. The van der Waals surface area contributed by atoms with Crippen molar-refractivity contribution < 1.29 is 61.5 Å². The summed E-state index contributed by atoms with van der Waals surface area (Å²) in [5.41, 5.74) is -0.676. The number of halogens is 14. The zero-order valence-corrected chi connectivity index (χ0v) is 13.8. The summed E-state index contributed by atoms with van der Waals surface area (Å²) in [6, 6.07) is 3.12. The molecule has 1 aromatic carbocycles. The van der Waals surface area contributed by atoms with Crippen LogP contribution in [0.4, 0.5) is 61.5 Å². The van der Waals surface area contributed by atoms with Crippen molar-refractivity contribution >= 4 is 0 Å². The number of benzene rings is 1. The second kappa shape index (κ2) is 7.45. The van der Waals surface area contributed by atoms with Crippen LogP contribution in [0.5, 0.6) is 0 Å². The molecule has 0 heterocycles. The van der Waals surface area contributed by atoms with Gasteiger partial charge in [-0.25, -0.2) is 4.39 Å². The van der Waals surface area contributed by atoms with Crippen molar-refractivity contribution in [2.45, 2.75) is 48.1 Å². The Kier molecular flexibility index (Phi) is 6.40. The molecule has 0 saturated heterocycles. The molecule has 0 saturated carbocycles. The highest BCUT2D eigenvalue weighted by atomic mass is 19.4. The van der Waals surface area contributed by atoms with E-state index in [0.29, 0.717) is 24.3 Å². The van der Waals surface area contributed by atoms with Crippen LogP contribution in [0.3, 0.4) is 0 Å². The van der Waals surface area contributed by atoms with Crippen molar-refractivity contribution in [3.63, 3.8) is 0 Å². The molecule has 0 fully saturated rings. The van der Waals surface area contributed by atoms with Gasteiger partial charge in [0.05, 0.1) is 12.0 Å². The van der Waals surface area contributed by atoms with Gasteiger partial charge in [-0.1, -0.05) is 12.1 Å². The number of rotatable bonds is 7. The van der Waals surface area contributed by atoms with Crippen LogP contribution in [-0.4, -0.2) is 35.8 Å². The Hall–Kier alpha value is -2.27. The first-order valence-corrected chi connectivity index (χ1v) is 7.28. The maximum Gasteiger partial charge on any atom is 0.460 e. The third kappa shape index (κ3) is 3.87. The van der Waals surface area contributed by atoms with E-state index in [2.05, 4.69) is 0 Å². The maximum absolute atomic E-state index is 13.8. The Morgan fingerprint density at radius 2 is 1.07 bits per heavy atom. The maximum atomic E-state index is 13.8. The average Bonchev–Trinajstić information content (AvgIpc) is 2.58. The molecule has 0 radical (unpaired) electrons. The van der Waals surface area contributed by atoms with Crippen molar-refractivity contribution in [1.82, 2.24) is 0 Å². The summed E-state index contributed by atoms with van der Waals surface area (Å²) >= 11 is 0. The molecule has 1 rings (SSSR count). The third-order valence-corrected chi connectivity index (χ3v) is 3.89. The number of hydrogen-bond acceptors (Lipinski definition) is 1. The SMILES string of the molecule is N#C[C@H](CC(F)(F)C(F)(F)C(F)(F)C(F)(F)C(F)(F)C(F)(F)F)c1ccc(F)cc1. The van der Waals surface area contributed by atoms with Gasteiger partial charge >= 0.3 is 35.8 Å². The Labute approximate surface area is 157 Å². The van der Waals surface area contributed by atoms with E-state index in [1.807, 2.05) is 0 Å². The second-order valence-corrected chi connectivity index (χ2v) is 5.94. The van der Waals surface area contributed by atoms with Crippen LogP contribution in [0.2, 0.25) is 0 Å². The zero-order valence-electron chi connectivity index (χ0n) is 13.8. The zero-order chi connectivity index (χ0) is 24.0. The van der Waals surface area contributed by atoms with Gasteiger partial charge in [0.1, 0.15) is 5.82 Å². The highest BCUT2D eigenvalue weighted by Crippen LogP contribution is 2.61. The molecule has 30 heavy (non-hydrogen) atoms. The molecule has 0 aliphatic carbocycles. The van der Waals surface area contributed by atoms with Crippen molar-refractivity contribution in [3.8, 4) is 6.07 Å². The lowest BCUT2D eigenvalue weighted by Crippen LogP contribution is -2.70. The monoisotopic (exact) mass is 467 g/mol. The second-order valence-electron chi connectivity index (χ2n) is 5.94. The number of alkyl halides is 13. The number of hydrogen-bond donors (Lipinski definition) is 0. The molecule has 170 valence electrons. The molecular weight excluding hydrogens is 460 g/mol. The lowest BCUT2D eigenvalue weighted by Gasteiger charge is -2.40. The smallest absolute Gasteiger partial charge is 0.207 e. The van der Waals surface area contributed by atoms with Gasteiger partial charge in [-0.05, 0) is 17.7 Å². The van der Waals surface area contributed by atoms with Crippen molar-refractivity contribution in [3.05, 3.63) is 35.6 Å². The summed E-state index contributed by atoms with van der Waals surface area (Å²) < 4.78 is 182. The first-order chi connectivity index (χ1) is 13.2. The van der Waals surface area contributed by atoms with Gasteiger partial charge in [-0.15, -0.1) is 0 Å². The van der Waals surface area contributed by atoms with Crippen molar-refractivity contribution in [2.24, 2.45) is 0 Å².